The molecule has 1 aromatic carbocycles. The molecule has 0 fully saturated rings. The molecule has 0 atom stereocenters. The number of pyridine rings is 1. The molecule has 11 heteroatoms. The third-order valence-corrected chi connectivity index (χ3v) is 3.93. The Morgan fingerprint density at radius 3 is 2.48 bits per heavy atom. The zero-order valence-electron chi connectivity index (χ0n) is 16.2. The van der Waals surface area contributed by atoms with Gasteiger partial charge in [0.05, 0.1) is 12.8 Å². The van der Waals surface area contributed by atoms with E-state index < -0.39 is 29.5 Å². The summed E-state index contributed by atoms with van der Waals surface area (Å²) in [6.45, 7) is 1.39. The van der Waals surface area contributed by atoms with Crippen molar-refractivity contribution in [1.29, 1.82) is 0 Å². The Morgan fingerprint density at radius 2 is 1.81 bits per heavy atom. The van der Waals surface area contributed by atoms with E-state index in [2.05, 4.69) is 20.1 Å². The summed E-state index contributed by atoms with van der Waals surface area (Å²) in [5, 5.41) is 5.99. The number of hydrogen-bond acceptors (Lipinski definition) is 6. The monoisotopic (exact) mass is 434 g/mol. The maximum atomic E-state index is 13.6. The van der Waals surface area contributed by atoms with E-state index in [0.717, 1.165) is 11.8 Å². The van der Waals surface area contributed by atoms with Crippen LogP contribution < -0.4 is 5.32 Å². The number of carbonyl (C=O) groups is 2. The van der Waals surface area contributed by atoms with E-state index in [9.17, 15) is 22.8 Å². The molecule has 0 aliphatic rings. The van der Waals surface area contributed by atoms with Gasteiger partial charge in [-0.25, -0.2) is 19.3 Å². The van der Waals surface area contributed by atoms with Gasteiger partial charge in [0.15, 0.2) is 11.5 Å². The highest BCUT2D eigenvalue weighted by atomic mass is 19.4. The minimum atomic E-state index is -4.90. The van der Waals surface area contributed by atoms with Crippen molar-refractivity contribution in [2.45, 2.75) is 19.7 Å². The van der Waals surface area contributed by atoms with Crippen LogP contribution in [0.5, 0.6) is 0 Å². The second-order valence-electron chi connectivity index (χ2n) is 6.10. The minimum absolute atomic E-state index is 0.00659. The third kappa shape index (κ3) is 5.38. The number of hydrogen-bond donors (Lipinski definition) is 1. The molecule has 0 spiro atoms. The van der Waals surface area contributed by atoms with Crippen LogP contribution in [0.1, 0.15) is 28.5 Å². The summed E-state index contributed by atoms with van der Waals surface area (Å²) in [7, 11) is 0. The summed E-state index contributed by atoms with van der Waals surface area (Å²) in [6.07, 6.45) is -4.98. The molecule has 0 saturated heterocycles. The highest BCUT2D eigenvalue weighted by Gasteiger charge is 2.41. The maximum Gasteiger partial charge on any atom is 0.434 e. The van der Waals surface area contributed by atoms with Crippen molar-refractivity contribution in [2.24, 2.45) is 0 Å². The quantitative estimate of drug-likeness (QED) is 0.584. The Bertz CT molecular complexity index is 1070. The molecule has 0 bridgehead atoms. The smallest absolute Gasteiger partial charge is 0.434 e. The normalized spacial score (nSPS) is 11.1. The van der Waals surface area contributed by atoms with Crippen LogP contribution in [0.3, 0.4) is 0 Å². The van der Waals surface area contributed by atoms with Gasteiger partial charge >= 0.3 is 18.2 Å². The Hall–Kier alpha value is -3.89. The van der Waals surface area contributed by atoms with E-state index in [1.54, 1.807) is 24.3 Å². The molecule has 0 radical (unpaired) electrons. The van der Waals surface area contributed by atoms with Gasteiger partial charge in [-0.05, 0) is 24.6 Å². The highest BCUT2D eigenvalue weighted by Crippen LogP contribution is 2.33. The van der Waals surface area contributed by atoms with Crippen molar-refractivity contribution in [3.8, 4) is 5.82 Å². The molecular weight excluding hydrogens is 417 g/mol. The van der Waals surface area contributed by atoms with Crippen molar-refractivity contribution in [1.82, 2.24) is 14.8 Å². The Kier molecular flexibility index (Phi) is 6.53. The number of nitrogens with zero attached hydrogens (tertiary/aromatic N) is 3. The number of benzene rings is 1. The number of alkyl halides is 3. The van der Waals surface area contributed by atoms with E-state index >= 15 is 0 Å². The highest BCUT2D eigenvalue weighted by molar-refractivity contribution is 5.90. The molecule has 3 aromatic rings. The molecule has 8 nitrogen and oxygen atoms in total. The lowest BCUT2D eigenvalue weighted by Gasteiger charge is -2.13. The lowest BCUT2D eigenvalue weighted by molar-refractivity contribution is -0.143. The molecule has 1 N–H and O–H groups in total. The predicted octanol–water partition coefficient (Wildman–Crippen LogP) is 4.21. The van der Waals surface area contributed by atoms with Crippen LogP contribution in [0.2, 0.25) is 0 Å². The maximum absolute atomic E-state index is 13.6. The average molecular weight is 434 g/mol. The topological polar surface area (TPSA) is 95.3 Å². The van der Waals surface area contributed by atoms with Crippen LogP contribution in [0.4, 0.5) is 23.8 Å². The minimum Gasteiger partial charge on any atom is -0.462 e. The van der Waals surface area contributed by atoms with Crippen molar-refractivity contribution in [3.63, 3.8) is 0 Å². The van der Waals surface area contributed by atoms with Crippen LogP contribution in [-0.2, 0) is 22.3 Å². The fraction of sp³-hybridized carbons (Fsp3) is 0.200. The molecule has 0 aliphatic heterocycles. The molecule has 0 unspecified atom stereocenters. The molecule has 0 saturated carbocycles. The number of aromatic nitrogens is 3. The average Bonchev–Trinajstić information content (AvgIpc) is 3.19. The van der Waals surface area contributed by atoms with Gasteiger partial charge in [-0.1, -0.05) is 36.4 Å². The van der Waals surface area contributed by atoms with Gasteiger partial charge in [0, 0.05) is 0 Å². The standard InChI is InChI=1S/C20H17F3N4O4/c1-2-30-18(28)14-11-24-27(17(14)20(21,22)23)16-10-6-9-15(25-16)26-19(29)31-12-13-7-4-3-5-8-13/h3-11H,2,12H2,1H3,(H,25,26,29). The number of esters is 1. The Balaban J connectivity index is 1.81. The van der Waals surface area contributed by atoms with Crippen molar-refractivity contribution in [2.75, 3.05) is 11.9 Å². The molecule has 1 amide bonds. The van der Waals surface area contributed by atoms with Crippen molar-refractivity contribution < 1.29 is 32.2 Å². The summed E-state index contributed by atoms with van der Waals surface area (Å²) in [4.78, 5) is 27.8. The summed E-state index contributed by atoms with van der Waals surface area (Å²) >= 11 is 0. The number of halogens is 3. The van der Waals surface area contributed by atoms with E-state index in [1.165, 1.54) is 25.1 Å². The van der Waals surface area contributed by atoms with Crippen LogP contribution in [-0.4, -0.2) is 33.4 Å². The lowest BCUT2D eigenvalue weighted by Crippen LogP contribution is -2.20. The van der Waals surface area contributed by atoms with Crippen molar-refractivity contribution in [3.05, 3.63) is 71.5 Å². The van der Waals surface area contributed by atoms with Crippen LogP contribution in [0, 0.1) is 0 Å². The molecule has 2 aromatic heterocycles. The first-order valence-electron chi connectivity index (χ1n) is 9.07. The van der Waals surface area contributed by atoms with Gasteiger partial charge in [0.1, 0.15) is 18.0 Å². The van der Waals surface area contributed by atoms with Gasteiger partial charge < -0.3 is 9.47 Å². The molecule has 31 heavy (non-hydrogen) atoms. The zero-order chi connectivity index (χ0) is 22.4. The van der Waals surface area contributed by atoms with Gasteiger partial charge in [0.2, 0.25) is 0 Å². The Morgan fingerprint density at radius 1 is 1.06 bits per heavy atom. The van der Waals surface area contributed by atoms with Gasteiger partial charge in [-0.3, -0.25) is 5.32 Å². The Labute approximate surface area is 174 Å². The summed E-state index contributed by atoms with van der Waals surface area (Å²) in [5.41, 5.74) is -1.31. The van der Waals surface area contributed by atoms with Crippen LogP contribution >= 0.6 is 0 Å². The zero-order valence-corrected chi connectivity index (χ0v) is 16.2. The number of nitrogens with one attached hydrogen (secondary N) is 1. The summed E-state index contributed by atoms with van der Waals surface area (Å²) < 4.78 is 51.0. The molecule has 2 heterocycles. The molecule has 162 valence electrons. The van der Waals surface area contributed by atoms with Gasteiger partial charge in [-0.2, -0.15) is 18.3 Å². The SMILES string of the molecule is CCOC(=O)c1cnn(-c2cccc(NC(=O)OCc3ccccc3)n2)c1C(F)(F)F. The van der Waals surface area contributed by atoms with E-state index in [4.69, 9.17) is 4.74 Å². The lowest BCUT2D eigenvalue weighted by atomic mass is 10.2. The van der Waals surface area contributed by atoms with E-state index in [0.29, 0.717) is 4.68 Å². The number of rotatable bonds is 6. The fourth-order valence-corrected chi connectivity index (χ4v) is 2.63. The van der Waals surface area contributed by atoms with E-state index in [1.807, 2.05) is 6.07 Å². The first-order chi connectivity index (χ1) is 14.8. The summed E-state index contributed by atoms with van der Waals surface area (Å²) in [5.74, 6) is -1.47. The van der Waals surface area contributed by atoms with Gasteiger partial charge in [0.25, 0.3) is 0 Å². The van der Waals surface area contributed by atoms with Crippen LogP contribution in [0.25, 0.3) is 5.82 Å². The number of amides is 1. The second-order valence-corrected chi connectivity index (χ2v) is 6.10. The number of carbonyl (C=O) groups excluding carboxylic acids is 2. The first-order valence-corrected chi connectivity index (χ1v) is 9.07. The first kappa shape index (κ1) is 21.8. The molecular formula is C20H17F3N4O4. The van der Waals surface area contributed by atoms with Gasteiger partial charge in [-0.15, -0.1) is 0 Å². The van der Waals surface area contributed by atoms with Crippen LogP contribution in [0.15, 0.2) is 54.7 Å². The van der Waals surface area contributed by atoms with E-state index in [-0.39, 0.29) is 24.8 Å². The second kappa shape index (κ2) is 9.28. The summed E-state index contributed by atoms with van der Waals surface area (Å²) in [6, 6.07) is 12.9. The third-order valence-electron chi connectivity index (χ3n) is 3.93. The number of ether oxygens (including phenoxy) is 2. The number of anilines is 1. The molecule has 0 aliphatic carbocycles. The molecule has 3 rings (SSSR count). The van der Waals surface area contributed by atoms with Crippen molar-refractivity contribution >= 4 is 17.9 Å². The fourth-order valence-electron chi connectivity index (χ4n) is 2.63. The predicted molar refractivity (Wildman–Crippen MR) is 103 cm³/mol. The largest absolute Gasteiger partial charge is 0.462 e.